The number of unbranched alkanes of at least 4 members (excludes halogenated alkanes) is 5. The van der Waals surface area contributed by atoms with Crippen LogP contribution in [-0.2, 0) is 4.74 Å². The van der Waals surface area contributed by atoms with Gasteiger partial charge in [0, 0.05) is 0 Å². The van der Waals surface area contributed by atoms with Crippen molar-refractivity contribution in [2.24, 2.45) is 0 Å². The Labute approximate surface area is 94.9 Å². The van der Waals surface area contributed by atoms with E-state index in [-0.39, 0.29) is 0 Å². The molecule has 1 heterocycles. The first-order valence-corrected chi connectivity index (χ1v) is 6.65. The minimum Gasteiger partial charge on any atom is -0.371 e. The van der Waals surface area contributed by atoms with Gasteiger partial charge >= 0.3 is 0 Å². The maximum absolute atomic E-state index is 5.83. The van der Waals surface area contributed by atoms with E-state index in [1.165, 1.54) is 44.9 Å². The zero-order chi connectivity index (χ0) is 10.9. The number of hydrogen-bond acceptors (Lipinski definition) is 1. The molecule has 0 fully saturated rings. The first kappa shape index (κ1) is 12.8. The first-order chi connectivity index (χ1) is 7.33. The molecule has 0 aromatic rings. The highest BCUT2D eigenvalue weighted by atomic mass is 16.5. The highest BCUT2D eigenvalue weighted by Crippen LogP contribution is 2.18. The van der Waals surface area contributed by atoms with E-state index in [1.54, 1.807) is 0 Å². The van der Waals surface area contributed by atoms with Gasteiger partial charge in [0.1, 0.15) is 0 Å². The van der Waals surface area contributed by atoms with Crippen molar-refractivity contribution in [2.75, 3.05) is 0 Å². The number of rotatable bonds is 7. The molecule has 0 saturated heterocycles. The molecule has 1 rings (SSSR count). The molecule has 0 saturated carbocycles. The van der Waals surface area contributed by atoms with Crippen LogP contribution >= 0.6 is 0 Å². The van der Waals surface area contributed by atoms with Gasteiger partial charge in [-0.2, -0.15) is 0 Å². The van der Waals surface area contributed by atoms with E-state index in [0.717, 1.165) is 6.42 Å². The molecule has 0 radical (unpaired) electrons. The predicted molar refractivity (Wildman–Crippen MR) is 66.1 cm³/mol. The summed E-state index contributed by atoms with van der Waals surface area (Å²) in [5.41, 5.74) is 0. The Morgan fingerprint density at radius 3 is 2.60 bits per heavy atom. The van der Waals surface area contributed by atoms with Gasteiger partial charge in [-0.05, 0) is 19.8 Å². The summed E-state index contributed by atoms with van der Waals surface area (Å²) in [4.78, 5) is 0. The molecule has 0 aliphatic carbocycles. The van der Waals surface area contributed by atoms with Crippen molar-refractivity contribution in [2.45, 2.75) is 77.4 Å². The third-order valence-corrected chi connectivity index (χ3v) is 3.09. The van der Waals surface area contributed by atoms with Gasteiger partial charge in [-0.3, -0.25) is 0 Å². The minimum absolute atomic E-state index is 0.337. The molecule has 1 nitrogen and oxygen atoms in total. The van der Waals surface area contributed by atoms with Crippen molar-refractivity contribution < 1.29 is 4.74 Å². The van der Waals surface area contributed by atoms with Crippen LogP contribution in [0.4, 0.5) is 0 Å². The van der Waals surface area contributed by atoms with Gasteiger partial charge in [0.15, 0.2) is 0 Å². The third kappa shape index (κ3) is 5.99. The highest BCUT2D eigenvalue weighted by Gasteiger charge is 2.13. The molecular formula is C14H26O. The van der Waals surface area contributed by atoms with Gasteiger partial charge in [0.25, 0.3) is 0 Å². The lowest BCUT2D eigenvalue weighted by Crippen LogP contribution is -2.21. The summed E-state index contributed by atoms with van der Waals surface area (Å²) in [5, 5.41) is 0. The van der Waals surface area contributed by atoms with Crippen LogP contribution in [0.5, 0.6) is 0 Å². The van der Waals surface area contributed by atoms with Crippen LogP contribution < -0.4 is 0 Å². The smallest absolute Gasteiger partial charge is 0.0731 e. The molecule has 15 heavy (non-hydrogen) atoms. The molecular weight excluding hydrogens is 184 g/mol. The molecule has 0 spiro atoms. The van der Waals surface area contributed by atoms with Crippen molar-refractivity contribution in [1.82, 2.24) is 0 Å². The van der Waals surface area contributed by atoms with Gasteiger partial charge in [-0.25, -0.2) is 0 Å². The van der Waals surface area contributed by atoms with E-state index in [4.69, 9.17) is 4.74 Å². The SMILES string of the molecule is CCCCCCCC[C@@H]1CC=C[C@@H](C)O1. The molecule has 1 aliphatic rings. The van der Waals surface area contributed by atoms with Crippen LogP contribution in [0.25, 0.3) is 0 Å². The summed E-state index contributed by atoms with van der Waals surface area (Å²) in [7, 11) is 0. The summed E-state index contributed by atoms with van der Waals surface area (Å²) in [6, 6.07) is 0. The van der Waals surface area contributed by atoms with Crippen molar-refractivity contribution >= 4 is 0 Å². The second kappa shape index (κ2) is 7.92. The van der Waals surface area contributed by atoms with E-state index >= 15 is 0 Å². The molecule has 0 unspecified atom stereocenters. The van der Waals surface area contributed by atoms with Gasteiger partial charge in [0.2, 0.25) is 0 Å². The van der Waals surface area contributed by atoms with Crippen LogP contribution in [0.1, 0.15) is 65.2 Å². The van der Waals surface area contributed by atoms with Crippen molar-refractivity contribution in [3.63, 3.8) is 0 Å². The van der Waals surface area contributed by atoms with Crippen molar-refractivity contribution in [1.29, 1.82) is 0 Å². The molecule has 1 heteroatoms. The van der Waals surface area contributed by atoms with Gasteiger partial charge in [0.05, 0.1) is 12.2 Å². The summed E-state index contributed by atoms with van der Waals surface area (Å²) in [6.07, 6.45) is 15.9. The van der Waals surface area contributed by atoms with Crippen LogP contribution in [0.3, 0.4) is 0 Å². The maximum atomic E-state index is 5.83. The van der Waals surface area contributed by atoms with Crippen molar-refractivity contribution in [3.05, 3.63) is 12.2 Å². The quantitative estimate of drug-likeness (QED) is 0.445. The topological polar surface area (TPSA) is 9.23 Å². The van der Waals surface area contributed by atoms with E-state index in [1.807, 2.05) is 0 Å². The zero-order valence-electron chi connectivity index (χ0n) is 10.4. The Hall–Kier alpha value is -0.300. The maximum Gasteiger partial charge on any atom is 0.0731 e. The molecule has 0 aromatic heterocycles. The average Bonchev–Trinajstić information content (AvgIpc) is 2.23. The summed E-state index contributed by atoms with van der Waals surface area (Å²) in [5.74, 6) is 0. The van der Waals surface area contributed by atoms with E-state index in [9.17, 15) is 0 Å². The molecule has 0 amide bonds. The summed E-state index contributed by atoms with van der Waals surface area (Å²) < 4.78 is 5.83. The molecule has 0 aromatic carbocycles. The molecule has 0 bridgehead atoms. The zero-order valence-corrected chi connectivity index (χ0v) is 10.4. The highest BCUT2D eigenvalue weighted by molar-refractivity contribution is 4.94. The van der Waals surface area contributed by atoms with Crippen LogP contribution in [-0.4, -0.2) is 12.2 Å². The van der Waals surface area contributed by atoms with E-state index < -0.39 is 0 Å². The fourth-order valence-electron chi connectivity index (χ4n) is 2.16. The Morgan fingerprint density at radius 2 is 1.87 bits per heavy atom. The Morgan fingerprint density at radius 1 is 1.13 bits per heavy atom. The Balaban J connectivity index is 1.94. The number of ether oxygens (including phenoxy) is 1. The Kier molecular flexibility index (Phi) is 6.74. The lowest BCUT2D eigenvalue weighted by atomic mass is 10.0. The van der Waals surface area contributed by atoms with Gasteiger partial charge < -0.3 is 4.74 Å². The standard InChI is InChI=1S/C14H26O/c1-3-4-5-6-7-8-11-14-12-9-10-13(2)15-14/h9-10,13-14H,3-8,11-12H2,1-2H3/t13-,14-/m1/s1. The lowest BCUT2D eigenvalue weighted by molar-refractivity contribution is 0.00962. The first-order valence-electron chi connectivity index (χ1n) is 6.65. The van der Waals surface area contributed by atoms with Crippen LogP contribution in [0.15, 0.2) is 12.2 Å². The second-order valence-corrected chi connectivity index (χ2v) is 4.68. The number of hydrogen-bond donors (Lipinski definition) is 0. The van der Waals surface area contributed by atoms with Gasteiger partial charge in [-0.15, -0.1) is 0 Å². The fourth-order valence-corrected chi connectivity index (χ4v) is 2.16. The predicted octanol–water partition coefficient (Wildman–Crippen LogP) is 4.47. The summed E-state index contributed by atoms with van der Waals surface area (Å²) >= 11 is 0. The van der Waals surface area contributed by atoms with E-state index in [2.05, 4.69) is 26.0 Å². The second-order valence-electron chi connectivity index (χ2n) is 4.68. The minimum atomic E-state index is 0.337. The Bertz CT molecular complexity index is 174. The molecule has 1 aliphatic heterocycles. The largest absolute Gasteiger partial charge is 0.371 e. The van der Waals surface area contributed by atoms with Crippen LogP contribution in [0, 0.1) is 0 Å². The normalized spacial score (nSPS) is 25.7. The molecule has 2 atom stereocenters. The monoisotopic (exact) mass is 210 g/mol. The molecule has 0 N–H and O–H groups in total. The van der Waals surface area contributed by atoms with Crippen molar-refractivity contribution in [3.8, 4) is 0 Å². The van der Waals surface area contributed by atoms with Gasteiger partial charge in [-0.1, -0.05) is 57.6 Å². The lowest BCUT2D eigenvalue weighted by Gasteiger charge is -2.23. The average molecular weight is 210 g/mol. The van der Waals surface area contributed by atoms with Crippen LogP contribution in [0.2, 0.25) is 0 Å². The fraction of sp³-hybridized carbons (Fsp3) is 0.857. The molecule has 88 valence electrons. The third-order valence-electron chi connectivity index (χ3n) is 3.09. The summed E-state index contributed by atoms with van der Waals surface area (Å²) in [6.45, 7) is 4.40. The van der Waals surface area contributed by atoms with E-state index in [0.29, 0.717) is 12.2 Å².